The number of hydrogen-bond donors (Lipinski definition) is 1. The summed E-state index contributed by atoms with van der Waals surface area (Å²) >= 11 is 0. The van der Waals surface area contributed by atoms with Crippen LogP contribution in [0.25, 0.3) is 0 Å². The molecule has 1 aromatic carbocycles. The molecular weight excluding hydrogens is 254 g/mol. The zero-order chi connectivity index (χ0) is 13.9. The van der Waals surface area contributed by atoms with Crippen molar-refractivity contribution in [3.8, 4) is 0 Å². The quantitative estimate of drug-likeness (QED) is 0.886. The smallest absolute Gasteiger partial charge is 0.230 e. The summed E-state index contributed by atoms with van der Waals surface area (Å²) in [6.45, 7) is 1.64. The topological polar surface area (TPSA) is 49.8 Å². The second-order valence-corrected chi connectivity index (χ2v) is 5.60. The molecule has 0 saturated carbocycles. The first-order valence-electron chi connectivity index (χ1n) is 7.38. The fourth-order valence-corrected chi connectivity index (χ4v) is 3.26. The van der Waals surface area contributed by atoms with Gasteiger partial charge in [0.25, 0.3) is 0 Å². The predicted octanol–water partition coefficient (Wildman–Crippen LogP) is 1.33. The number of carbonyl (C=O) groups excluding carboxylic acids is 1. The van der Waals surface area contributed by atoms with E-state index in [1.807, 2.05) is 17.0 Å². The first kappa shape index (κ1) is 13.6. The third kappa shape index (κ3) is 2.58. The van der Waals surface area contributed by atoms with E-state index in [1.165, 1.54) is 11.1 Å². The number of aryl methyl sites for hydroxylation is 1. The molecule has 4 nitrogen and oxygen atoms in total. The van der Waals surface area contributed by atoms with Crippen molar-refractivity contribution in [2.24, 2.45) is 0 Å². The lowest BCUT2D eigenvalue weighted by molar-refractivity contribution is -0.142. The molecule has 1 aromatic rings. The van der Waals surface area contributed by atoms with E-state index in [0.717, 1.165) is 19.3 Å². The van der Waals surface area contributed by atoms with E-state index in [9.17, 15) is 9.90 Å². The first-order valence-corrected chi connectivity index (χ1v) is 7.38. The van der Waals surface area contributed by atoms with Gasteiger partial charge in [0.2, 0.25) is 5.91 Å². The van der Waals surface area contributed by atoms with Gasteiger partial charge < -0.3 is 14.7 Å². The van der Waals surface area contributed by atoms with Gasteiger partial charge in [-0.05, 0) is 30.4 Å². The van der Waals surface area contributed by atoms with Gasteiger partial charge in [0.1, 0.15) is 0 Å². The van der Waals surface area contributed by atoms with Gasteiger partial charge in [-0.2, -0.15) is 0 Å². The molecule has 1 aliphatic carbocycles. The lowest BCUT2D eigenvalue weighted by atomic mass is 9.82. The Hall–Kier alpha value is -1.39. The van der Waals surface area contributed by atoms with E-state index < -0.39 is 0 Å². The van der Waals surface area contributed by atoms with Crippen LogP contribution in [0.2, 0.25) is 0 Å². The fraction of sp³-hybridized carbons (Fsp3) is 0.562. The Labute approximate surface area is 119 Å². The molecule has 20 heavy (non-hydrogen) atoms. The average molecular weight is 275 g/mol. The normalized spacial score (nSPS) is 26.1. The maximum atomic E-state index is 12.8. The summed E-state index contributed by atoms with van der Waals surface area (Å²) in [6, 6.07) is 8.27. The number of aliphatic hydroxyl groups is 1. The van der Waals surface area contributed by atoms with Crippen LogP contribution in [-0.2, 0) is 16.0 Å². The Bertz CT molecular complexity index is 488. The number of morpholine rings is 1. The summed E-state index contributed by atoms with van der Waals surface area (Å²) in [5.74, 6) is 0.177. The molecule has 1 aliphatic heterocycles. The molecular formula is C16H21NO3. The number of nitrogens with zero attached hydrogens (tertiary/aromatic N) is 1. The van der Waals surface area contributed by atoms with Crippen LogP contribution in [0.4, 0.5) is 0 Å². The molecule has 1 heterocycles. The summed E-state index contributed by atoms with van der Waals surface area (Å²) in [7, 11) is 0. The van der Waals surface area contributed by atoms with Crippen LogP contribution in [0.3, 0.4) is 0 Å². The summed E-state index contributed by atoms with van der Waals surface area (Å²) in [6.07, 6.45) is 2.84. The first-order chi connectivity index (χ1) is 9.79. The number of amides is 1. The van der Waals surface area contributed by atoms with Gasteiger partial charge >= 0.3 is 0 Å². The van der Waals surface area contributed by atoms with Gasteiger partial charge in [-0.25, -0.2) is 0 Å². The molecule has 0 radical (unpaired) electrons. The molecule has 2 aliphatic rings. The van der Waals surface area contributed by atoms with Crippen LogP contribution in [0.5, 0.6) is 0 Å². The number of ether oxygens (including phenoxy) is 1. The third-order valence-corrected chi connectivity index (χ3v) is 4.32. The van der Waals surface area contributed by atoms with Gasteiger partial charge in [0.05, 0.1) is 25.2 Å². The number of fused-ring (bicyclic) bond motifs is 1. The van der Waals surface area contributed by atoms with Crippen molar-refractivity contribution in [1.29, 1.82) is 0 Å². The molecule has 0 aromatic heterocycles. The fourth-order valence-electron chi connectivity index (χ4n) is 3.26. The minimum Gasteiger partial charge on any atom is -0.394 e. The molecule has 4 heteroatoms. The van der Waals surface area contributed by atoms with Crippen molar-refractivity contribution in [2.45, 2.75) is 31.3 Å². The van der Waals surface area contributed by atoms with Crippen LogP contribution in [0, 0.1) is 0 Å². The van der Waals surface area contributed by atoms with E-state index in [4.69, 9.17) is 4.74 Å². The van der Waals surface area contributed by atoms with Crippen molar-refractivity contribution < 1.29 is 14.6 Å². The number of carbonyl (C=O) groups is 1. The number of aliphatic hydroxyl groups excluding tert-OH is 1. The Morgan fingerprint density at radius 3 is 3.10 bits per heavy atom. The molecule has 1 amide bonds. The van der Waals surface area contributed by atoms with Gasteiger partial charge in [0, 0.05) is 13.1 Å². The van der Waals surface area contributed by atoms with E-state index in [1.54, 1.807) is 0 Å². The Morgan fingerprint density at radius 2 is 2.25 bits per heavy atom. The molecule has 1 saturated heterocycles. The molecule has 0 spiro atoms. The maximum Gasteiger partial charge on any atom is 0.230 e. The van der Waals surface area contributed by atoms with Crippen molar-refractivity contribution in [3.63, 3.8) is 0 Å². The second-order valence-electron chi connectivity index (χ2n) is 5.60. The maximum absolute atomic E-state index is 12.8. The molecule has 0 bridgehead atoms. The van der Waals surface area contributed by atoms with Crippen molar-refractivity contribution in [3.05, 3.63) is 35.4 Å². The second kappa shape index (κ2) is 5.94. The van der Waals surface area contributed by atoms with E-state index in [0.29, 0.717) is 19.7 Å². The summed E-state index contributed by atoms with van der Waals surface area (Å²) in [4.78, 5) is 14.6. The zero-order valence-corrected chi connectivity index (χ0v) is 11.6. The van der Waals surface area contributed by atoms with Crippen molar-refractivity contribution in [2.75, 3.05) is 26.3 Å². The van der Waals surface area contributed by atoms with Crippen LogP contribution in [0.15, 0.2) is 24.3 Å². The lowest BCUT2D eigenvalue weighted by Gasteiger charge is -2.36. The Balaban J connectivity index is 1.78. The van der Waals surface area contributed by atoms with Crippen molar-refractivity contribution in [1.82, 2.24) is 4.90 Å². The molecule has 2 atom stereocenters. The van der Waals surface area contributed by atoms with Gasteiger partial charge in [0.15, 0.2) is 0 Å². The van der Waals surface area contributed by atoms with Crippen molar-refractivity contribution >= 4 is 5.91 Å². The minimum atomic E-state index is -0.230. The van der Waals surface area contributed by atoms with Crippen LogP contribution in [-0.4, -0.2) is 48.3 Å². The van der Waals surface area contributed by atoms with Gasteiger partial charge in [-0.3, -0.25) is 4.79 Å². The third-order valence-electron chi connectivity index (χ3n) is 4.32. The number of hydrogen-bond acceptors (Lipinski definition) is 3. The number of rotatable bonds is 2. The highest BCUT2D eigenvalue weighted by molar-refractivity contribution is 5.84. The van der Waals surface area contributed by atoms with E-state index in [-0.39, 0.29) is 24.5 Å². The highest BCUT2D eigenvalue weighted by Gasteiger charge is 2.32. The molecule has 3 rings (SSSR count). The SMILES string of the molecule is O=C(C1CCCc2ccccc21)N1CCOC(CO)C1. The summed E-state index contributed by atoms with van der Waals surface area (Å²) < 4.78 is 5.42. The highest BCUT2D eigenvalue weighted by Crippen LogP contribution is 2.33. The Morgan fingerprint density at radius 1 is 1.40 bits per heavy atom. The largest absolute Gasteiger partial charge is 0.394 e. The molecule has 2 unspecified atom stereocenters. The van der Waals surface area contributed by atoms with Crippen LogP contribution >= 0.6 is 0 Å². The highest BCUT2D eigenvalue weighted by atomic mass is 16.5. The minimum absolute atomic E-state index is 0.0163. The van der Waals surface area contributed by atoms with Gasteiger partial charge in [-0.1, -0.05) is 24.3 Å². The van der Waals surface area contributed by atoms with Crippen LogP contribution < -0.4 is 0 Å². The van der Waals surface area contributed by atoms with Gasteiger partial charge in [-0.15, -0.1) is 0 Å². The van der Waals surface area contributed by atoms with Crippen LogP contribution in [0.1, 0.15) is 29.9 Å². The molecule has 1 fully saturated rings. The summed E-state index contributed by atoms with van der Waals surface area (Å²) in [5, 5.41) is 9.20. The number of benzene rings is 1. The Kier molecular flexibility index (Phi) is 4.03. The predicted molar refractivity (Wildman–Crippen MR) is 75.5 cm³/mol. The van der Waals surface area contributed by atoms with E-state index >= 15 is 0 Å². The zero-order valence-electron chi connectivity index (χ0n) is 11.6. The summed E-state index contributed by atoms with van der Waals surface area (Å²) in [5.41, 5.74) is 2.50. The standard InChI is InChI=1S/C16H21NO3/c18-11-13-10-17(8-9-20-13)16(19)15-7-3-5-12-4-1-2-6-14(12)15/h1-2,4,6,13,15,18H,3,5,7-11H2. The monoisotopic (exact) mass is 275 g/mol. The molecule has 1 N–H and O–H groups in total. The van der Waals surface area contributed by atoms with E-state index in [2.05, 4.69) is 12.1 Å². The average Bonchev–Trinajstić information content (AvgIpc) is 2.53. The molecule has 108 valence electrons. The lowest BCUT2D eigenvalue weighted by Crippen LogP contribution is -2.48.